The monoisotopic (exact) mass is 368 g/mol. The van der Waals surface area contributed by atoms with Crippen LogP contribution in [-0.4, -0.2) is 9.55 Å². The molecule has 3 rings (SSSR count). The number of thioether (sulfide) groups is 1. The van der Waals surface area contributed by atoms with Crippen LogP contribution >= 0.6 is 11.8 Å². The van der Waals surface area contributed by atoms with Gasteiger partial charge in [-0.3, -0.25) is 9.36 Å². The van der Waals surface area contributed by atoms with Crippen LogP contribution in [0.2, 0.25) is 0 Å². The van der Waals surface area contributed by atoms with Crippen molar-refractivity contribution in [1.82, 2.24) is 9.55 Å². The molecule has 26 heavy (non-hydrogen) atoms. The van der Waals surface area contributed by atoms with E-state index in [-0.39, 0.29) is 11.4 Å². The van der Waals surface area contributed by atoms with Gasteiger partial charge in [0, 0.05) is 30.5 Å². The van der Waals surface area contributed by atoms with Crippen LogP contribution in [0.25, 0.3) is 0 Å². The molecule has 0 amide bonds. The lowest BCUT2D eigenvalue weighted by Crippen LogP contribution is -2.25. The highest BCUT2D eigenvalue weighted by Crippen LogP contribution is 2.22. The van der Waals surface area contributed by atoms with Crippen LogP contribution in [0.5, 0.6) is 0 Å². The van der Waals surface area contributed by atoms with Gasteiger partial charge in [0.15, 0.2) is 5.16 Å². The Morgan fingerprint density at radius 3 is 2.62 bits per heavy atom. The molecule has 0 aliphatic carbocycles. The Morgan fingerprint density at radius 2 is 1.88 bits per heavy atom. The van der Waals surface area contributed by atoms with Crippen molar-refractivity contribution in [3.8, 4) is 0 Å². The van der Waals surface area contributed by atoms with Crippen molar-refractivity contribution < 1.29 is 4.39 Å². The minimum Gasteiger partial charge on any atom is -0.291 e. The van der Waals surface area contributed by atoms with Gasteiger partial charge in [-0.2, -0.15) is 0 Å². The number of hydrogen-bond donors (Lipinski definition) is 0. The normalized spacial score (nSPS) is 10.9. The second-order valence-corrected chi connectivity index (χ2v) is 7.31. The molecule has 3 nitrogen and oxygen atoms in total. The molecular formula is C21H21FN2OS. The number of aromatic nitrogens is 2. The van der Waals surface area contributed by atoms with E-state index in [1.165, 1.54) is 23.4 Å². The highest BCUT2D eigenvalue weighted by Gasteiger charge is 2.14. The van der Waals surface area contributed by atoms with Crippen molar-refractivity contribution in [2.45, 2.75) is 31.2 Å². The van der Waals surface area contributed by atoms with E-state index in [9.17, 15) is 9.18 Å². The fourth-order valence-electron chi connectivity index (χ4n) is 2.85. The second-order valence-electron chi connectivity index (χ2n) is 6.37. The zero-order valence-corrected chi connectivity index (χ0v) is 15.9. The number of nitrogens with zero attached hydrogens (tertiary/aromatic N) is 2. The standard InChI is InChI=1S/C21H21FN2OS/c1-14-7-6-8-16(11-14)12-18-15(2)23-21(24(3)20(18)25)26-13-17-9-4-5-10-19(17)22/h4-11H,12-13H2,1-3H3. The Kier molecular flexibility index (Phi) is 5.57. The highest BCUT2D eigenvalue weighted by atomic mass is 32.2. The second kappa shape index (κ2) is 7.87. The third-order valence-electron chi connectivity index (χ3n) is 4.33. The van der Waals surface area contributed by atoms with Gasteiger partial charge in [0.1, 0.15) is 5.82 Å². The fraction of sp³-hybridized carbons (Fsp3) is 0.238. The lowest BCUT2D eigenvalue weighted by Gasteiger charge is -2.12. The van der Waals surface area contributed by atoms with Gasteiger partial charge in [0.05, 0.1) is 0 Å². The van der Waals surface area contributed by atoms with Crippen LogP contribution in [0.3, 0.4) is 0 Å². The summed E-state index contributed by atoms with van der Waals surface area (Å²) in [4.78, 5) is 17.4. The SMILES string of the molecule is Cc1cccc(Cc2c(C)nc(SCc3ccccc3F)n(C)c2=O)c1. The van der Waals surface area contributed by atoms with Crippen LogP contribution in [-0.2, 0) is 19.2 Å². The van der Waals surface area contributed by atoms with E-state index in [0.717, 1.165) is 11.3 Å². The maximum absolute atomic E-state index is 13.8. The molecular weight excluding hydrogens is 347 g/mol. The summed E-state index contributed by atoms with van der Waals surface area (Å²) in [5.74, 6) is 0.196. The molecule has 0 atom stereocenters. The van der Waals surface area contributed by atoms with Crippen molar-refractivity contribution in [2.24, 2.45) is 7.05 Å². The first-order chi connectivity index (χ1) is 12.5. The number of aryl methyl sites for hydroxylation is 2. The number of benzene rings is 2. The van der Waals surface area contributed by atoms with Crippen molar-refractivity contribution in [1.29, 1.82) is 0 Å². The fourth-order valence-corrected chi connectivity index (χ4v) is 3.84. The first-order valence-corrected chi connectivity index (χ1v) is 9.42. The predicted octanol–water partition coefficient (Wildman–Crippen LogP) is 4.42. The predicted molar refractivity (Wildman–Crippen MR) is 104 cm³/mol. The van der Waals surface area contributed by atoms with E-state index in [1.54, 1.807) is 23.7 Å². The Labute approximate surface area is 156 Å². The van der Waals surface area contributed by atoms with Gasteiger partial charge >= 0.3 is 0 Å². The van der Waals surface area contributed by atoms with E-state index < -0.39 is 0 Å². The third kappa shape index (κ3) is 4.05. The van der Waals surface area contributed by atoms with Gasteiger partial charge < -0.3 is 0 Å². The molecule has 0 spiro atoms. The van der Waals surface area contributed by atoms with Crippen LogP contribution < -0.4 is 5.56 Å². The molecule has 2 aromatic carbocycles. The Bertz CT molecular complexity index is 998. The van der Waals surface area contributed by atoms with E-state index >= 15 is 0 Å². The molecule has 3 aromatic rings. The van der Waals surface area contributed by atoms with Crippen LogP contribution in [0.4, 0.5) is 4.39 Å². The minimum absolute atomic E-state index is 0.0463. The lowest BCUT2D eigenvalue weighted by atomic mass is 10.0. The number of rotatable bonds is 5. The molecule has 1 heterocycles. The number of hydrogen-bond acceptors (Lipinski definition) is 3. The molecule has 0 N–H and O–H groups in total. The summed E-state index contributed by atoms with van der Waals surface area (Å²) in [5.41, 5.74) is 4.25. The van der Waals surface area contributed by atoms with E-state index in [2.05, 4.69) is 11.1 Å². The van der Waals surface area contributed by atoms with Crippen molar-refractivity contribution in [2.75, 3.05) is 0 Å². The zero-order chi connectivity index (χ0) is 18.7. The largest absolute Gasteiger partial charge is 0.291 e. The molecule has 0 unspecified atom stereocenters. The molecule has 0 aliphatic rings. The summed E-state index contributed by atoms with van der Waals surface area (Å²) in [6, 6.07) is 14.8. The summed E-state index contributed by atoms with van der Waals surface area (Å²) in [6.07, 6.45) is 0.561. The van der Waals surface area contributed by atoms with Gasteiger partial charge in [-0.25, -0.2) is 9.37 Å². The average molecular weight is 368 g/mol. The van der Waals surface area contributed by atoms with Gasteiger partial charge in [0.25, 0.3) is 5.56 Å². The smallest absolute Gasteiger partial charge is 0.257 e. The summed E-state index contributed by atoms with van der Waals surface area (Å²) in [7, 11) is 1.72. The van der Waals surface area contributed by atoms with Crippen molar-refractivity contribution >= 4 is 11.8 Å². The van der Waals surface area contributed by atoms with Crippen molar-refractivity contribution in [3.05, 3.63) is 92.6 Å². The van der Waals surface area contributed by atoms with Crippen LogP contribution in [0, 0.1) is 19.7 Å². The van der Waals surface area contributed by atoms with Crippen molar-refractivity contribution in [3.63, 3.8) is 0 Å². The molecule has 0 fully saturated rings. The van der Waals surface area contributed by atoms with Gasteiger partial charge in [-0.15, -0.1) is 0 Å². The Hall–Kier alpha value is -2.40. The molecule has 0 saturated heterocycles. The van der Waals surface area contributed by atoms with Crippen LogP contribution in [0.15, 0.2) is 58.5 Å². The summed E-state index contributed by atoms with van der Waals surface area (Å²) in [6.45, 7) is 3.90. The first-order valence-electron chi connectivity index (χ1n) is 8.44. The summed E-state index contributed by atoms with van der Waals surface area (Å²) >= 11 is 1.37. The van der Waals surface area contributed by atoms with Gasteiger partial charge in [-0.1, -0.05) is 59.8 Å². The van der Waals surface area contributed by atoms with Crippen LogP contribution in [0.1, 0.15) is 27.9 Å². The molecule has 5 heteroatoms. The molecule has 1 aromatic heterocycles. The molecule has 0 aliphatic heterocycles. The van der Waals surface area contributed by atoms with E-state index in [1.807, 2.05) is 38.1 Å². The first kappa shape index (κ1) is 18.4. The molecule has 0 saturated carbocycles. The summed E-state index contributed by atoms with van der Waals surface area (Å²) in [5, 5.41) is 0.601. The summed E-state index contributed by atoms with van der Waals surface area (Å²) < 4.78 is 15.3. The van der Waals surface area contributed by atoms with Gasteiger partial charge in [0.2, 0.25) is 0 Å². The van der Waals surface area contributed by atoms with E-state index in [0.29, 0.717) is 28.5 Å². The van der Waals surface area contributed by atoms with Gasteiger partial charge in [-0.05, 0) is 31.0 Å². The van der Waals surface area contributed by atoms with E-state index in [4.69, 9.17) is 0 Å². The Balaban J connectivity index is 1.86. The topological polar surface area (TPSA) is 34.9 Å². The maximum Gasteiger partial charge on any atom is 0.257 e. The molecule has 134 valence electrons. The average Bonchev–Trinajstić information content (AvgIpc) is 2.62. The molecule has 0 bridgehead atoms. The minimum atomic E-state index is -0.238. The zero-order valence-electron chi connectivity index (χ0n) is 15.1. The Morgan fingerprint density at radius 1 is 1.12 bits per heavy atom. The number of halogens is 1. The third-order valence-corrected chi connectivity index (χ3v) is 5.41. The quantitative estimate of drug-likeness (QED) is 0.494. The highest BCUT2D eigenvalue weighted by molar-refractivity contribution is 7.98. The lowest BCUT2D eigenvalue weighted by molar-refractivity contribution is 0.617. The molecule has 0 radical (unpaired) electrons. The maximum atomic E-state index is 13.8.